The summed E-state index contributed by atoms with van der Waals surface area (Å²) in [7, 11) is -3.50. The van der Waals surface area contributed by atoms with E-state index in [1.165, 1.54) is 22.5 Å². The Kier molecular flexibility index (Phi) is 3.11. The van der Waals surface area contributed by atoms with Gasteiger partial charge in [0, 0.05) is 19.1 Å². The third kappa shape index (κ3) is 2.17. The summed E-state index contributed by atoms with van der Waals surface area (Å²) in [5.74, 6) is 0.00642. The largest absolute Gasteiger partial charge is 0.312 e. The van der Waals surface area contributed by atoms with E-state index in [0.717, 1.165) is 13.0 Å². The fourth-order valence-corrected chi connectivity index (χ4v) is 4.78. The molecule has 0 saturated carbocycles. The number of benzene rings is 1. The number of sulfonamides is 1. The molecule has 2 saturated heterocycles. The Morgan fingerprint density at radius 2 is 2.16 bits per heavy atom. The molecule has 0 amide bonds. The van der Waals surface area contributed by atoms with Crippen molar-refractivity contribution >= 4 is 10.0 Å². The number of halogens is 1. The topological polar surface area (TPSA) is 49.4 Å². The van der Waals surface area contributed by atoms with Crippen molar-refractivity contribution in [2.24, 2.45) is 5.92 Å². The van der Waals surface area contributed by atoms with E-state index in [9.17, 15) is 12.8 Å². The minimum absolute atomic E-state index is 0.217. The molecule has 104 valence electrons. The van der Waals surface area contributed by atoms with Crippen molar-refractivity contribution in [3.05, 3.63) is 29.6 Å². The molecule has 3 rings (SSSR count). The average molecular weight is 284 g/mol. The highest BCUT2D eigenvalue weighted by molar-refractivity contribution is 7.89. The average Bonchev–Trinajstić information content (AvgIpc) is 2.87. The van der Waals surface area contributed by atoms with Crippen LogP contribution >= 0.6 is 0 Å². The Balaban J connectivity index is 1.91. The smallest absolute Gasteiger partial charge is 0.243 e. The first kappa shape index (κ1) is 13.0. The van der Waals surface area contributed by atoms with Gasteiger partial charge in [0.25, 0.3) is 0 Å². The van der Waals surface area contributed by atoms with E-state index in [-0.39, 0.29) is 10.9 Å². The van der Waals surface area contributed by atoms with Crippen LogP contribution in [0.15, 0.2) is 23.1 Å². The highest BCUT2D eigenvalue weighted by Gasteiger charge is 2.41. The maximum atomic E-state index is 13.1. The molecule has 0 aliphatic carbocycles. The maximum absolute atomic E-state index is 13.1. The van der Waals surface area contributed by atoms with Crippen LogP contribution in [0.25, 0.3) is 0 Å². The van der Waals surface area contributed by atoms with Gasteiger partial charge < -0.3 is 5.32 Å². The lowest BCUT2D eigenvalue weighted by molar-refractivity contribution is 0.447. The van der Waals surface area contributed by atoms with Crippen molar-refractivity contribution in [1.82, 2.24) is 9.62 Å². The molecule has 1 aromatic carbocycles. The van der Waals surface area contributed by atoms with Gasteiger partial charge in [-0.05, 0) is 49.6 Å². The van der Waals surface area contributed by atoms with Crippen LogP contribution in [-0.2, 0) is 10.0 Å². The molecule has 0 aromatic heterocycles. The predicted molar refractivity (Wildman–Crippen MR) is 69.8 cm³/mol. The summed E-state index contributed by atoms with van der Waals surface area (Å²) in [6.45, 7) is 3.69. The minimum Gasteiger partial charge on any atom is -0.312 e. The van der Waals surface area contributed by atoms with Gasteiger partial charge in [-0.25, -0.2) is 12.8 Å². The zero-order valence-corrected chi connectivity index (χ0v) is 11.6. The van der Waals surface area contributed by atoms with Crippen LogP contribution < -0.4 is 5.32 Å². The van der Waals surface area contributed by atoms with Gasteiger partial charge in [0.1, 0.15) is 5.82 Å². The zero-order chi connectivity index (χ0) is 13.6. The SMILES string of the molecule is Cc1cc(F)ccc1S(=O)(=O)N1C[C@@H]2CCN[C@@H]2C1. The van der Waals surface area contributed by atoms with Crippen molar-refractivity contribution in [2.75, 3.05) is 19.6 Å². The first-order chi connectivity index (χ1) is 8.98. The van der Waals surface area contributed by atoms with Crippen molar-refractivity contribution in [2.45, 2.75) is 24.3 Å². The van der Waals surface area contributed by atoms with Crippen LogP contribution in [0.3, 0.4) is 0 Å². The molecule has 0 bridgehead atoms. The monoisotopic (exact) mass is 284 g/mol. The maximum Gasteiger partial charge on any atom is 0.243 e. The van der Waals surface area contributed by atoms with Crippen LogP contribution in [0.4, 0.5) is 4.39 Å². The van der Waals surface area contributed by atoms with E-state index in [4.69, 9.17) is 0 Å². The van der Waals surface area contributed by atoms with E-state index in [1.54, 1.807) is 6.92 Å². The Bertz CT molecular complexity index is 591. The molecule has 2 heterocycles. The summed E-state index contributed by atoms with van der Waals surface area (Å²) in [6.07, 6.45) is 1.03. The quantitative estimate of drug-likeness (QED) is 0.885. The number of nitrogens with zero attached hydrogens (tertiary/aromatic N) is 1. The molecule has 2 atom stereocenters. The van der Waals surface area contributed by atoms with Gasteiger partial charge in [0.05, 0.1) is 4.90 Å². The van der Waals surface area contributed by atoms with Gasteiger partial charge in [0.2, 0.25) is 10.0 Å². The number of nitrogens with one attached hydrogen (secondary N) is 1. The van der Waals surface area contributed by atoms with Crippen LogP contribution in [0.2, 0.25) is 0 Å². The van der Waals surface area contributed by atoms with Gasteiger partial charge >= 0.3 is 0 Å². The second-order valence-electron chi connectivity index (χ2n) is 5.34. The summed E-state index contributed by atoms with van der Waals surface area (Å²) in [5.41, 5.74) is 0.463. The first-order valence-corrected chi connectivity index (χ1v) is 7.92. The number of hydrogen-bond donors (Lipinski definition) is 1. The normalized spacial score (nSPS) is 27.7. The summed E-state index contributed by atoms with van der Waals surface area (Å²) >= 11 is 0. The Morgan fingerprint density at radius 3 is 2.84 bits per heavy atom. The van der Waals surface area contributed by atoms with E-state index in [2.05, 4.69) is 5.32 Å². The molecule has 6 heteroatoms. The number of rotatable bonds is 2. The lowest BCUT2D eigenvalue weighted by Gasteiger charge is -2.18. The third-order valence-electron chi connectivity index (χ3n) is 4.08. The van der Waals surface area contributed by atoms with Gasteiger partial charge in [-0.2, -0.15) is 4.31 Å². The second-order valence-corrected chi connectivity index (χ2v) is 7.25. The van der Waals surface area contributed by atoms with Crippen LogP contribution in [0.5, 0.6) is 0 Å². The number of aryl methyl sites for hydroxylation is 1. The molecule has 1 N–H and O–H groups in total. The van der Waals surface area contributed by atoms with E-state index in [0.29, 0.717) is 24.6 Å². The summed E-state index contributed by atoms with van der Waals surface area (Å²) < 4.78 is 39.8. The summed E-state index contributed by atoms with van der Waals surface area (Å²) in [6, 6.07) is 4.11. The highest BCUT2D eigenvalue weighted by atomic mass is 32.2. The van der Waals surface area contributed by atoms with Crippen LogP contribution in [0.1, 0.15) is 12.0 Å². The van der Waals surface area contributed by atoms with E-state index < -0.39 is 15.8 Å². The van der Waals surface area contributed by atoms with Gasteiger partial charge in [0.15, 0.2) is 0 Å². The molecule has 2 fully saturated rings. The Labute approximate surface area is 112 Å². The molecule has 0 radical (unpaired) electrons. The minimum atomic E-state index is -3.50. The Morgan fingerprint density at radius 1 is 1.37 bits per heavy atom. The van der Waals surface area contributed by atoms with Gasteiger partial charge in [-0.15, -0.1) is 0 Å². The molecule has 2 aliphatic heterocycles. The molecule has 19 heavy (non-hydrogen) atoms. The first-order valence-electron chi connectivity index (χ1n) is 6.48. The molecular weight excluding hydrogens is 267 g/mol. The summed E-state index contributed by atoms with van der Waals surface area (Å²) in [5, 5.41) is 3.33. The lowest BCUT2D eigenvalue weighted by atomic mass is 10.1. The molecule has 2 aliphatic rings. The second kappa shape index (κ2) is 4.54. The number of fused-ring (bicyclic) bond motifs is 1. The standard InChI is InChI=1S/C13H17FN2O2S/c1-9-6-11(14)2-3-13(9)19(17,18)16-7-10-4-5-15-12(10)8-16/h2-3,6,10,12,15H,4-5,7-8H2,1H3/t10-,12+/m0/s1. The fraction of sp³-hybridized carbons (Fsp3) is 0.538. The number of hydrogen-bond acceptors (Lipinski definition) is 3. The molecule has 0 unspecified atom stereocenters. The van der Waals surface area contributed by atoms with Crippen molar-refractivity contribution in [1.29, 1.82) is 0 Å². The van der Waals surface area contributed by atoms with Crippen molar-refractivity contribution in [3.8, 4) is 0 Å². The molecule has 0 spiro atoms. The van der Waals surface area contributed by atoms with Crippen molar-refractivity contribution < 1.29 is 12.8 Å². The van der Waals surface area contributed by atoms with Crippen molar-refractivity contribution in [3.63, 3.8) is 0 Å². The molecule has 4 nitrogen and oxygen atoms in total. The Hall–Kier alpha value is -0.980. The summed E-state index contributed by atoms with van der Waals surface area (Å²) in [4.78, 5) is 0.217. The lowest BCUT2D eigenvalue weighted by Crippen LogP contribution is -2.34. The van der Waals surface area contributed by atoms with Gasteiger partial charge in [-0.3, -0.25) is 0 Å². The zero-order valence-electron chi connectivity index (χ0n) is 10.8. The third-order valence-corrected chi connectivity index (χ3v) is 6.08. The van der Waals surface area contributed by atoms with Crippen LogP contribution in [0, 0.1) is 18.7 Å². The van der Waals surface area contributed by atoms with E-state index in [1.807, 2.05) is 0 Å². The predicted octanol–water partition coefficient (Wildman–Crippen LogP) is 1.12. The molecule has 1 aromatic rings. The van der Waals surface area contributed by atoms with Gasteiger partial charge in [-0.1, -0.05) is 0 Å². The molecular formula is C13H17FN2O2S. The van der Waals surface area contributed by atoms with Crippen LogP contribution in [-0.4, -0.2) is 38.4 Å². The fourth-order valence-electron chi connectivity index (χ4n) is 3.05. The van der Waals surface area contributed by atoms with E-state index >= 15 is 0 Å². The highest BCUT2D eigenvalue weighted by Crippen LogP contribution is 2.30.